The van der Waals surface area contributed by atoms with Crippen molar-refractivity contribution in [3.8, 4) is 0 Å². The van der Waals surface area contributed by atoms with E-state index in [-0.39, 0.29) is 11.8 Å². The number of amides is 1. The molecule has 4 nitrogen and oxygen atoms in total. The molecule has 0 aliphatic heterocycles. The molecule has 1 aromatic heterocycles. The zero-order chi connectivity index (χ0) is 16.5. The number of fused-ring (bicyclic) bond motifs is 3. The number of hydrogen-bond acceptors (Lipinski definition) is 4. The lowest BCUT2D eigenvalue weighted by molar-refractivity contribution is -0.127. The van der Waals surface area contributed by atoms with E-state index < -0.39 is 0 Å². The van der Waals surface area contributed by atoms with Gasteiger partial charge in [-0.2, -0.15) is 0 Å². The number of aryl methyl sites for hydroxylation is 2. The Kier molecular flexibility index (Phi) is 4.90. The van der Waals surface area contributed by atoms with Gasteiger partial charge in [0.2, 0.25) is 5.91 Å². The summed E-state index contributed by atoms with van der Waals surface area (Å²) in [5, 5.41) is 4.37. The molecule has 24 heavy (non-hydrogen) atoms. The Morgan fingerprint density at radius 3 is 2.67 bits per heavy atom. The van der Waals surface area contributed by atoms with Crippen molar-refractivity contribution >= 4 is 17.2 Å². The van der Waals surface area contributed by atoms with Crippen LogP contribution >= 0.6 is 11.3 Å². The number of hydrogen-bond donors (Lipinski definition) is 2. The van der Waals surface area contributed by atoms with Gasteiger partial charge in [0.1, 0.15) is 0 Å². The van der Waals surface area contributed by atoms with Crippen LogP contribution in [0.5, 0.6) is 0 Å². The number of rotatable bonds is 4. The molecule has 2 bridgehead atoms. The van der Waals surface area contributed by atoms with E-state index in [9.17, 15) is 4.79 Å². The first-order valence-electron chi connectivity index (χ1n) is 9.71. The summed E-state index contributed by atoms with van der Waals surface area (Å²) in [5.41, 5.74) is 7.65. The molecule has 132 valence electrons. The second-order valence-corrected chi connectivity index (χ2v) is 9.09. The third-order valence-electron chi connectivity index (χ3n) is 6.31. The van der Waals surface area contributed by atoms with Crippen LogP contribution in [0.4, 0.5) is 0 Å². The van der Waals surface area contributed by atoms with Crippen molar-refractivity contribution in [1.82, 2.24) is 10.3 Å². The lowest BCUT2D eigenvalue weighted by Crippen LogP contribution is -2.49. The normalized spacial score (nSPS) is 32.2. The molecule has 0 radical (unpaired) electrons. The second-order valence-electron chi connectivity index (χ2n) is 7.92. The molecule has 0 saturated heterocycles. The molecule has 1 aromatic rings. The molecule has 1 amide bonds. The Bertz CT molecular complexity index is 562. The maximum atomic E-state index is 12.6. The van der Waals surface area contributed by atoms with Crippen molar-refractivity contribution in [2.24, 2.45) is 23.5 Å². The predicted octanol–water partition coefficient (Wildman–Crippen LogP) is 2.83. The van der Waals surface area contributed by atoms with Gasteiger partial charge >= 0.3 is 0 Å². The first-order valence-corrected chi connectivity index (χ1v) is 10.5. The van der Waals surface area contributed by atoms with Crippen molar-refractivity contribution in [3.05, 3.63) is 15.6 Å². The highest BCUT2D eigenvalue weighted by Gasteiger charge is 2.40. The average Bonchev–Trinajstić information content (AvgIpc) is 2.97. The molecule has 3 aliphatic rings. The number of carbonyl (C=O) groups excluding carboxylic acids is 1. The second kappa shape index (κ2) is 7.12. The van der Waals surface area contributed by atoms with Gasteiger partial charge < -0.3 is 11.1 Å². The van der Waals surface area contributed by atoms with Crippen LogP contribution in [0.3, 0.4) is 0 Å². The summed E-state index contributed by atoms with van der Waals surface area (Å²) < 4.78 is 0. The summed E-state index contributed by atoms with van der Waals surface area (Å²) in [6, 6.07) is 0.337. The van der Waals surface area contributed by atoms with E-state index in [0.717, 1.165) is 32.2 Å². The highest BCUT2D eigenvalue weighted by atomic mass is 32.1. The quantitative estimate of drug-likeness (QED) is 0.880. The molecule has 0 aromatic carbocycles. The number of thiazole rings is 1. The van der Waals surface area contributed by atoms with E-state index in [1.165, 1.54) is 54.1 Å². The number of carbonyl (C=O) groups is 1. The van der Waals surface area contributed by atoms with Gasteiger partial charge in [0.25, 0.3) is 0 Å². The minimum atomic E-state index is 0.185. The molecule has 5 heteroatoms. The summed E-state index contributed by atoms with van der Waals surface area (Å²) in [6.45, 7) is 0.725. The lowest BCUT2D eigenvalue weighted by atomic mass is 9.65. The van der Waals surface area contributed by atoms with E-state index in [1.807, 2.05) is 11.3 Å². The molecule has 2 saturated carbocycles. The number of nitrogens with one attached hydrogen (secondary N) is 1. The fourth-order valence-corrected chi connectivity index (χ4v) is 6.11. The zero-order valence-electron chi connectivity index (χ0n) is 14.4. The summed E-state index contributed by atoms with van der Waals surface area (Å²) in [6.07, 6.45) is 11.5. The van der Waals surface area contributed by atoms with E-state index in [2.05, 4.69) is 5.32 Å². The molecule has 4 rings (SSSR count). The first-order chi connectivity index (χ1) is 11.7. The maximum Gasteiger partial charge on any atom is 0.223 e. The number of nitrogens with two attached hydrogens (primary N) is 1. The van der Waals surface area contributed by atoms with Crippen molar-refractivity contribution in [2.45, 2.75) is 70.3 Å². The number of nitrogens with zero attached hydrogens (tertiary/aromatic N) is 1. The van der Waals surface area contributed by atoms with Crippen LogP contribution in [0.15, 0.2) is 0 Å². The van der Waals surface area contributed by atoms with Crippen molar-refractivity contribution in [2.75, 3.05) is 6.54 Å². The third-order valence-corrected chi connectivity index (χ3v) is 7.53. The van der Waals surface area contributed by atoms with Gasteiger partial charge in [0, 0.05) is 29.8 Å². The molecule has 2 fully saturated rings. The minimum absolute atomic E-state index is 0.185. The van der Waals surface area contributed by atoms with E-state index >= 15 is 0 Å². The predicted molar refractivity (Wildman–Crippen MR) is 97.0 cm³/mol. The van der Waals surface area contributed by atoms with Gasteiger partial charge in [-0.05, 0) is 63.2 Å². The van der Waals surface area contributed by atoms with Crippen LogP contribution in [-0.2, 0) is 24.1 Å². The monoisotopic (exact) mass is 347 g/mol. The van der Waals surface area contributed by atoms with Crippen LogP contribution in [0.2, 0.25) is 0 Å². The summed E-state index contributed by atoms with van der Waals surface area (Å²) in [7, 11) is 0. The van der Waals surface area contributed by atoms with Crippen LogP contribution in [0, 0.1) is 17.8 Å². The Hall–Kier alpha value is -0.940. The van der Waals surface area contributed by atoms with Gasteiger partial charge in [-0.1, -0.05) is 6.42 Å². The summed E-state index contributed by atoms with van der Waals surface area (Å²) >= 11 is 1.86. The summed E-state index contributed by atoms with van der Waals surface area (Å²) in [4.78, 5) is 18.8. The van der Waals surface area contributed by atoms with Crippen molar-refractivity contribution in [3.63, 3.8) is 0 Å². The SMILES string of the molecule is NC1C2CCCC1CC(C(=O)NCCc1nc3c(s1)CCCC3)C2. The van der Waals surface area contributed by atoms with Crippen LogP contribution < -0.4 is 11.1 Å². The Balaban J connectivity index is 1.27. The maximum absolute atomic E-state index is 12.6. The Labute approximate surface area is 148 Å². The molecule has 3 N–H and O–H groups in total. The average molecular weight is 348 g/mol. The van der Waals surface area contributed by atoms with Crippen LogP contribution in [0.25, 0.3) is 0 Å². The Morgan fingerprint density at radius 2 is 1.92 bits per heavy atom. The van der Waals surface area contributed by atoms with E-state index in [4.69, 9.17) is 10.7 Å². The number of aromatic nitrogens is 1. The first kappa shape index (κ1) is 16.5. The largest absolute Gasteiger partial charge is 0.355 e. The molecule has 2 atom stereocenters. The molecule has 1 heterocycles. The standard InChI is InChI=1S/C19H29N3OS/c20-18-12-4-3-5-13(18)11-14(10-12)19(23)21-9-8-17-22-15-6-1-2-7-16(15)24-17/h12-14,18H,1-11,20H2,(H,21,23). The Morgan fingerprint density at radius 1 is 1.17 bits per heavy atom. The van der Waals surface area contributed by atoms with E-state index in [1.54, 1.807) is 0 Å². The van der Waals surface area contributed by atoms with Crippen molar-refractivity contribution in [1.29, 1.82) is 0 Å². The molecular formula is C19H29N3OS. The third kappa shape index (κ3) is 3.38. The molecule has 3 aliphatic carbocycles. The van der Waals surface area contributed by atoms with Gasteiger partial charge in [0.05, 0.1) is 10.7 Å². The highest BCUT2D eigenvalue weighted by molar-refractivity contribution is 7.11. The molecular weight excluding hydrogens is 318 g/mol. The minimum Gasteiger partial charge on any atom is -0.355 e. The topological polar surface area (TPSA) is 68.0 Å². The van der Waals surface area contributed by atoms with E-state index in [0.29, 0.717) is 17.9 Å². The highest BCUT2D eigenvalue weighted by Crippen LogP contribution is 2.41. The van der Waals surface area contributed by atoms with Crippen LogP contribution in [-0.4, -0.2) is 23.5 Å². The van der Waals surface area contributed by atoms with Gasteiger partial charge in [-0.3, -0.25) is 4.79 Å². The van der Waals surface area contributed by atoms with Gasteiger partial charge in [0.15, 0.2) is 0 Å². The fourth-order valence-electron chi connectivity index (χ4n) is 4.95. The smallest absolute Gasteiger partial charge is 0.223 e. The summed E-state index contributed by atoms with van der Waals surface area (Å²) in [5.74, 6) is 1.57. The van der Waals surface area contributed by atoms with Gasteiger partial charge in [-0.15, -0.1) is 11.3 Å². The zero-order valence-corrected chi connectivity index (χ0v) is 15.2. The van der Waals surface area contributed by atoms with Crippen LogP contribution in [0.1, 0.15) is 60.5 Å². The van der Waals surface area contributed by atoms with Gasteiger partial charge in [-0.25, -0.2) is 4.98 Å². The lowest BCUT2D eigenvalue weighted by Gasteiger charge is -2.43. The fraction of sp³-hybridized carbons (Fsp3) is 0.789. The molecule has 2 unspecified atom stereocenters. The molecule has 0 spiro atoms. The van der Waals surface area contributed by atoms with Crippen molar-refractivity contribution < 1.29 is 4.79 Å².